The molecule has 0 saturated carbocycles. The number of rotatable bonds is 3. The number of fused-ring (bicyclic) bond motifs is 1. The van der Waals surface area contributed by atoms with E-state index in [1.807, 2.05) is 0 Å². The molecule has 126 valence electrons. The fourth-order valence-corrected chi connectivity index (χ4v) is 3.81. The van der Waals surface area contributed by atoms with Gasteiger partial charge in [-0.1, -0.05) is 0 Å². The second-order valence-corrected chi connectivity index (χ2v) is 8.62. The van der Waals surface area contributed by atoms with Crippen LogP contribution in [0.3, 0.4) is 0 Å². The zero-order valence-electron chi connectivity index (χ0n) is 10.8. The second kappa shape index (κ2) is 5.12. The molecule has 10 nitrogen and oxygen atoms in total. The maximum absolute atomic E-state index is 11.4. The minimum Gasteiger partial charge on any atom is -0.507 e. The average molecular weight is 384 g/mol. The van der Waals surface area contributed by atoms with E-state index in [-0.39, 0.29) is 0 Å². The van der Waals surface area contributed by atoms with Gasteiger partial charge < -0.3 is 5.11 Å². The summed E-state index contributed by atoms with van der Waals surface area (Å²) in [4.78, 5) is -2.89. The first-order valence-electron chi connectivity index (χ1n) is 5.44. The summed E-state index contributed by atoms with van der Waals surface area (Å²) in [5, 5.41) is 8.73. The van der Waals surface area contributed by atoms with Crippen molar-refractivity contribution < 1.29 is 44.0 Å². The fourth-order valence-electron chi connectivity index (χ4n) is 1.90. The van der Waals surface area contributed by atoms with Crippen LogP contribution in [-0.2, 0) is 30.4 Å². The van der Waals surface area contributed by atoms with Crippen molar-refractivity contribution >= 4 is 41.1 Å². The van der Waals surface area contributed by atoms with E-state index in [0.717, 1.165) is 0 Å². The Morgan fingerprint density at radius 2 is 1.09 bits per heavy atom. The Kier molecular flexibility index (Phi) is 3.91. The lowest BCUT2D eigenvalue weighted by Crippen LogP contribution is -2.05. The van der Waals surface area contributed by atoms with Crippen LogP contribution in [0.4, 0.5) is 0 Å². The molecule has 0 aromatic heterocycles. The van der Waals surface area contributed by atoms with E-state index in [9.17, 15) is 30.4 Å². The van der Waals surface area contributed by atoms with Crippen LogP contribution in [0.15, 0.2) is 39.0 Å². The van der Waals surface area contributed by atoms with Crippen LogP contribution in [-0.4, -0.2) is 44.0 Å². The molecule has 2 aromatic rings. The standard InChI is InChI=1S/C10H8O10S3/c11-8-3-6(21(12,13)14)1-5-2-7(22(15,16)17)4-9(10(5)8)23(18,19)20/h1-4,11H,(H,12,13,14)(H,15,16,17)(H,18,19,20). The minimum atomic E-state index is -5.03. The van der Waals surface area contributed by atoms with Gasteiger partial charge in [0.25, 0.3) is 30.4 Å². The summed E-state index contributed by atoms with van der Waals surface area (Å²) < 4.78 is 94.4. The topological polar surface area (TPSA) is 183 Å². The Morgan fingerprint density at radius 3 is 1.48 bits per heavy atom. The van der Waals surface area contributed by atoms with Gasteiger partial charge in [-0.3, -0.25) is 13.7 Å². The summed E-state index contributed by atoms with van der Waals surface area (Å²) in [6.07, 6.45) is 0. The third-order valence-corrected chi connectivity index (χ3v) is 5.35. The molecule has 13 heteroatoms. The molecule has 23 heavy (non-hydrogen) atoms. The molecule has 4 N–H and O–H groups in total. The zero-order chi connectivity index (χ0) is 17.8. The molecule has 0 aliphatic carbocycles. The SMILES string of the molecule is O=S(=O)(O)c1cc(O)c2c(S(=O)(=O)O)cc(S(=O)(=O)O)cc2c1. The van der Waals surface area contributed by atoms with Crippen LogP contribution in [0, 0.1) is 0 Å². The van der Waals surface area contributed by atoms with Gasteiger partial charge >= 0.3 is 0 Å². The second-order valence-electron chi connectivity index (χ2n) is 4.39. The first kappa shape index (κ1) is 17.6. The third-order valence-electron chi connectivity index (χ3n) is 2.81. The molecule has 0 heterocycles. The van der Waals surface area contributed by atoms with E-state index in [0.29, 0.717) is 24.3 Å². The third kappa shape index (κ3) is 3.44. The Hall–Kier alpha value is -1.77. The first-order valence-corrected chi connectivity index (χ1v) is 9.76. The maximum Gasteiger partial charge on any atom is 0.295 e. The van der Waals surface area contributed by atoms with Crippen molar-refractivity contribution in [2.75, 3.05) is 0 Å². The minimum absolute atomic E-state index is 0.389. The number of aromatic hydroxyl groups is 1. The molecule has 2 aromatic carbocycles. The summed E-state index contributed by atoms with van der Waals surface area (Å²) in [6, 6.07) is 2.22. The average Bonchev–Trinajstić information content (AvgIpc) is 2.33. The Balaban J connectivity index is 3.12. The van der Waals surface area contributed by atoms with Gasteiger partial charge in [-0.2, -0.15) is 25.3 Å². The number of hydrogen-bond acceptors (Lipinski definition) is 7. The molecular formula is C10H8O10S3. The highest BCUT2D eigenvalue weighted by molar-refractivity contribution is 7.87. The van der Waals surface area contributed by atoms with Gasteiger partial charge in [-0.05, 0) is 23.6 Å². The lowest BCUT2D eigenvalue weighted by molar-refractivity contribution is 0.468. The molecule has 0 spiro atoms. The van der Waals surface area contributed by atoms with Crippen LogP contribution in [0.1, 0.15) is 0 Å². The molecule has 0 amide bonds. The molecule has 0 bridgehead atoms. The summed E-state index contributed by atoms with van der Waals surface area (Å²) >= 11 is 0. The van der Waals surface area contributed by atoms with Gasteiger partial charge in [0.1, 0.15) is 10.6 Å². The molecule has 0 radical (unpaired) electrons. The quantitative estimate of drug-likeness (QED) is 0.536. The van der Waals surface area contributed by atoms with Crippen LogP contribution in [0.25, 0.3) is 10.8 Å². The van der Waals surface area contributed by atoms with E-state index in [2.05, 4.69) is 0 Å². The van der Waals surface area contributed by atoms with Gasteiger partial charge in [0.2, 0.25) is 0 Å². The van der Waals surface area contributed by atoms with Gasteiger partial charge in [-0.25, -0.2) is 0 Å². The highest BCUT2D eigenvalue weighted by atomic mass is 32.2. The van der Waals surface area contributed by atoms with Crippen LogP contribution < -0.4 is 0 Å². The van der Waals surface area contributed by atoms with Crippen LogP contribution >= 0.6 is 0 Å². The smallest absolute Gasteiger partial charge is 0.295 e. The molecule has 0 aliphatic rings. The van der Waals surface area contributed by atoms with Crippen LogP contribution in [0.2, 0.25) is 0 Å². The summed E-state index contributed by atoms with van der Waals surface area (Å²) in [5.74, 6) is -0.954. The lowest BCUT2D eigenvalue weighted by Gasteiger charge is -2.10. The van der Waals surface area contributed by atoms with E-state index in [1.165, 1.54) is 0 Å². The van der Waals surface area contributed by atoms with Crippen molar-refractivity contribution in [3.63, 3.8) is 0 Å². The van der Waals surface area contributed by atoms with Crippen molar-refractivity contribution in [3.8, 4) is 5.75 Å². The Labute approximate surface area is 130 Å². The summed E-state index contributed by atoms with van der Waals surface area (Å²) in [5.41, 5.74) is 0. The lowest BCUT2D eigenvalue weighted by atomic mass is 10.1. The molecule has 0 atom stereocenters. The normalized spacial score (nSPS) is 13.3. The van der Waals surface area contributed by atoms with Crippen molar-refractivity contribution in [2.24, 2.45) is 0 Å². The number of benzene rings is 2. The predicted molar refractivity (Wildman–Crippen MR) is 75.1 cm³/mol. The van der Waals surface area contributed by atoms with Gasteiger partial charge in [0, 0.05) is 11.5 Å². The molecule has 0 aliphatic heterocycles. The van der Waals surface area contributed by atoms with E-state index in [1.54, 1.807) is 0 Å². The van der Waals surface area contributed by atoms with Crippen molar-refractivity contribution in [1.29, 1.82) is 0 Å². The van der Waals surface area contributed by atoms with Crippen molar-refractivity contribution in [2.45, 2.75) is 14.7 Å². The molecular weight excluding hydrogens is 376 g/mol. The van der Waals surface area contributed by atoms with Crippen molar-refractivity contribution in [1.82, 2.24) is 0 Å². The van der Waals surface area contributed by atoms with Gasteiger partial charge in [0.15, 0.2) is 0 Å². The van der Waals surface area contributed by atoms with Crippen molar-refractivity contribution in [3.05, 3.63) is 24.3 Å². The molecule has 0 fully saturated rings. The van der Waals surface area contributed by atoms with E-state index < -0.39 is 61.6 Å². The molecule has 2 rings (SSSR count). The Morgan fingerprint density at radius 1 is 0.652 bits per heavy atom. The summed E-state index contributed by atoms with van der Waals surface area (Å²) in [6.45, 7) is 0. The zero-order valence-corrected chi connectivity index (χ0v) is 13.2. The fraction of sp³-hybridized carbons (Fsp3) is 0. The Bertz CT molecular complexity index is 1120. The van der Waals surface area contributed by atoms with Gasteiger partial charge in [-0.15, -0.1) is 0 Å². The van der Waals surface area contributed by atoms with Gasteiger partial charge in [0.05, 0.1) is 9.79 Å². The highest BCUT2D eigenvalue weighted by Gasteiger charge is 2.24. The largest absolute Gasteiger partial charge is 0.507 e. The molecule has 0 saturated heterocycles. The van der Waals surface area contributed by atoms with E-state index in [4.69, 9.17) is 13.7 Å². The van der Waals surface area contributed by atoms with Crippen LogP contribution in [0.5, 0.6) is 5.75 Å². The maximum atomic E-state index is 11.4. The monoisotopic (exact) mass is 384 g/mol. The molecule has 0 unspecified atom stereocenters. The number of hydrogen-bond donors (Lipinski definition) is 4. The van der Waals surface area contributed by atoms with E-state index >= 15 is 0 Å². The number of phenolic OH excluding ortho intramolecular Hbond substituents is 1. The first-order chi connectivity index (χ1) is 10.2. The predicted octanol–water partition coefficient (Wildman–Crippen LogP) is 0.286. The summed E-state index contributed by atoms with van der Waals surface area (Å²) in [7, 11) is -14.7. The highest BCUT2D eigenvalue weighted by Crippen LogP contribution is 2.35. The number of phenols is 1.